The van der Waals surface area contributed by atoms with E-state index in [4.69, 9.17) is 4.74 Å². The molecule has 140 valence electrons. The van der Waals surface area contributed by atoms with E-state index in [0.717, 1.165) is 22.6 Å². The highest BCUT2D eigenvalue weighted by Gasteiger charge is 2.14. The SMILES string of the molecule is COc1ccccc1CCNC(=O)c1cc(-c2ccc(C)c(C)c2)n(C)n1. The summed E-state index contributed by atoms with van der Waals surface area (Å²) in [5.41, 5.74) is 5.93. The molecule has 0 radical (unpaired) electrons. The van der Waals surface area contributed by atoms with E-state index in [0.29, 0.717) is 18.7 Å². The molecule has 1 heterocycles. The summed E-state index contributed by atoms with van der Waals surface area (Å²) < 4.78 is 7.09. The van der Waals surface area contributed by atoms with Crippen molar-refractivity contribution in [2.45, 2.75) is 20.3 Å². The second kappa shape index (κ2) is 8.08. The maximum Gasteiger partial charge on any atom is 0.271 e. The first-order valence-electron chi connectivity index (χ1n) is 9.01. The first-order valence-corrected chi connectivity index (χ1v) is 9.01. The number of benzene rings is 2. The summed E-state index contributed by atoms with van der Waals surface area (Å²) in [5, 5.41) is 7.32. The Morgan fingerprint density at radius 2 is 1.89 bits per heavy atom. The minimum Gasteiger partial charge on any atom is -0.496 e. The van der Waals surface area contributed by atoms with Crippen LogP contribution in [0.4, 0.5) is 0 Å². The fraction of sp³-hybridized carbons (Fsp3) is 0.273. The number of para-hydroxylation sites is 1. The van der Waals surface area contributed by atoms with Crippen LogP contribution in [0.5, 0.6) is 5.75 Å². The second-order valence-corrected chi connectivity index (χ2v) is 6.66. The molecule has 27 heavy (non-hydrogen) atoms. The number of hydrogen-bond donors (Lipinski definition) is 1. The van der Waals surface area contributed by atoms with Gasteiger partial charge in [-0.15, -0.1) is 0 Å². The van der Waals surface area contributed by atoms with Gasteiger partial charge < -0.3 is 10.1 Å². The molecule has 3 aromatic rings. The minimum absolute atomic E-state index is 0.171. The van der Waals surface area contributed by atoms with Gasteiger partial charge in [-0.2, -0.15) is 5.10 Å². The van der Waals surface area contributed by atoms with Gasteiger partial charge in [0.2, 0.25) is 0 Å². The lowest BCUT2D eigenvalue weighted by Crippen LogP contribution is -2.26. The normalized spacial score (nSPS) is 10.7. The molecule has 0 aliphatic carbocycles. The highest BCUT2D eigenvalue weighted by atomic mass is 16.5. The minimum atomic E-state index is -0.171. The van der Waals surface area contributed by atoms with Crippen molar-refractivity contribution >= 4 is 5.91 Å². The van der Waals surface area contributed by atoms with Crippen LogP contribution in [0.15, 0.2) is 48.5 Å². The number of methoxy groups -OCH3 is 1. The first-order chi connectivity index (χ1) is 13.0. The van der Waals surface area contributed by atoms with Crippen molar-refractivity contribution in [3.8, 4) is 17.0 Å². The van der Waals surface area contributed by atoms with E-state index < -0.39 is 0 Å². The Morgan fingerprint density at radius 1 is 1.11 bits per heavy atom. The summed E-state index contributed by atoms with van der Waals surface area (Å²) in [5.74, 6) is 0.664. The molecule has 1 amide bonds. The van der Waals surface area contributed by atoms with Crippen molar-refractivity contribution < 1.29 is 9.53 Å². The lowest BCUT2D eigenvalue weighted by molar-refractivity contribution is 0.0948. The van der Waals surface area contributed by atoms with Crippen molar-refractivity contribution in [1.29, 1.82) is 0 Å². The third-order valence-electron chi connectivity index (χ3n) is 4.79. The fourth-order valence-electron chi connectivity index (χ4n) is 3.06. The Bertz CT molecular complexity index is 960. The molecule has 0 spiro atoms. The number of rotatable bonds is 6. The monoisotopic (exact) mass is 363 g/mol. The van der Waals surface area contributed by atoms with Crippen LogP contribution in [0, 0.1) is 13.8 Å². The molecule has 0 aliphatic rings. The summed E-state index contributed by atoms with van der Waals surface area (Å²) in [4.78, 5) is 12.5. The molecule has 0 unspecified atom stereocenters. The predicted octanol–water partition coefficient (Wildman–Crippen LogP) is 3.69. The third kappa shape index (κ3) is 4.19. The third-order valence-corrected chi connectivity index (χ3v) is 4.79. The van der Waals surface area contributed by atoms with Crippen LogP contribution in [0.25, 0.3) is 11.3 Å². The maximum absolute atomic E-state index is 12.5. The quantitative estimate of drug-likeness (QED) is 0.727. The van der Waals surface area contributed by atoms with Crippen LogP contribution < -0.4 is 10.1 Å². The number of aromatic nitrogens is 2. The van der Waals surface area contributed by atoms with E-state index >= 15 is 0 Å². The van der Waals surface area contributed by atoms with Crippen molar-refractivity contribution in [2.24, 2.45) is 7.05 Å². The van der Waals surface area contributed by atoms with Crippen LogP contribution in [0.2, 0.25) is 0 Å². The highest BCUT2D eigenvalue weighted by Crippen LogP contribution is 2.23. The van der Waals surface area contributed by atoms with Gasteiger partial charge in [-0.05, 0) is 55.2 Å². The van der Waals surface area contributed by atoms with Gasteiger partial charge >= 0.3 is 0 Å². The van der Waals surface area contributed by atoms with E-state index in [9.17, 15) is 4.79 Å². The molecule has 2 aromatic carbocycles. The number of hydrogen-bond acceptors (Lipinski definition) is 3. The number of nitrogens with zero attached hydrogens (tertiary/aromatic N) is 2. The second-order valence-electron chi connectivity index (χ2n) is 6.66. The first kappa shape index (κ1) is 18.7. The molecule has 0 fully saturated rings. The Balaban J connectivity index is 1.68. The van der Waals surface area contributed by atoms with Crippen molar-refractivity contribution in [1.82, 2.24) is 15.1 Å². The zero-order valence-electron chi connectivity index (χ0n) is 16.2. The van der Waals surface area contributed by atoms with Crippen molar-refractivity contribution in [3.63, 3.8) is 0 Å². The van der Waals surface area contributed by atoms with E-state index in [-0.39, 0.29) is 5.91 Å². The van der Waals surface area contributed by atoms with Gasteiger partial charge in [0, 0.05) is 19.2 Å². The molecule has 1 N–H and O–H groups in total. The zero-order valence-corrected chi connectivity index (χ0v) is 16.2. The van der Waals surface area contributed by atoms with E-state index in [2.05, 4.69) is 42.5 Å². The molecular weight excluding hydrogens is 338 g/mol. The van der Waals surface area contributed by atoms with Crippen LogP contribution in [-0.4, -0.2) is 29.3 Å². The summed E-state index contributed by atoms with van der Waals surface area (Å²) in [6, 6.07) is 15.9. The Labute approximate surface area is 160 Å². The van der Waals surface area contributed by atoms with E-state index in [1.54, 1.807) is 11.8 Å². The average molecular weight is 363 g/mol. The number of amides is 1. The van der Waals surface area contributed by atoms with Gasteiger partial charge in [0.1, 0.15) is 5.75 Å². The summed E-state index contributed by atoms with van der Waals surface area (Å²) >= 11 is 0. The molecule has 0 atom stereocenters. The molecule has 0 saturated carbocycles. The molecule has 0 bridgehead atoms. The molecular formula is C22H25N3O2. The Hall–Kier alpha value is -3.08. The van der Waals surface area contributed by atoms with Gasteiger partial charge in [0.15, 0.2) is 5.69 Å². The number of nitrogens with one attached hydrogen (secondary N) is 1. The van der Waals surface area contributed by atoms with Gasteiger partial charge in [-0.1, -0.05) is 30.3 Å². The predicted molar refractivity (Wildman–Crippen MR) is 107 cm³/mol. The van der Waals surface area contributed by atoms with Crippen molar-refractivity contribution in [3.05, 3.63) is 70.9 Å². The number of carbonyl (C=O) groups excluding carboxylic acids is 1. The van der Waals surface area contributed by atoms with Crippen LogP contribution in [-0.2, 0) is 13.5 Å². The molecule has 5 nitrogen and oxygen atoms in total. The number of aryl methyl sites for hydroxylation is 3. The fourth-order valence-corrected chi connectivity index (χ4v) is 3.06. The highest BCUT2D eigenvalue weighted by molar-refractivity contribution is 5.93. The van der Waals surface area contributed by atoms with Crippen LogP contribution in [0.3, 0.4) is 0 Å². The molecule has 0 aliphatic heterocycles. The standard InChI is InChI=1S/C22H25N3O2/c1-15-9-10-18(13-16(15)2)20-14-19(24-25(20)3)22(26)23-12-11-17-7-5-6-8-21(17)27-4/h5-10,13-14H,11-12H2,1-4H3,(H,23,26). The average Bonchev–Trinajstić information content (AvgIpc) is 3.06. The molecule has 5 heteroatoms. The van der Waals surface area contributed by atoms with E-state index in [1.807, 2.05) is 37.4 Å². The summed E-state index contributed by atoms with van der Waals surface area (Å²) in [6.07, 6.45) is 0.701. The zero-order chi connectivity index (χ0) is 19.4. The van der Waals surface area contributed by atoms with E-state index in [1.165, 1.54) is 11.1 Å². The van der Waals surface area contributed by atoms with Gasteiger partial charge in [0.25, 0.3) is 5.91 Å². The molecule has 3 rings (SSSR count). The lowest BCUT2D eigenvalue weighted by atomic mass is 10.0. The van der Waals surface area contributed by atoms with Gasteiger partial charge in [0.05, 0.1) is 12.8 Å². The van der Waals surface area contributed by atoms with Gasteiger partial charge in [-0.25, -0.2) is 0 Å². The van der Waals surface area contributed by atoms with Crippen molar-refractivity contribution in [2.75, 3.05) is 13.7 Å². The Morgan fingerprint density at radius 3 is 2.63 bits per heavy atom. The maximum atomic E-state index is 12.5. The Kier molecular flexibility index (Phi) is 5.60. The number of carbonyl (C=O) groups is 1. The summed E-state index contributed by atoms with van der Waals surface area (Å²) in [7, 11) is 3.51. The van der Waals surface area contributed by atoms with Crippen LogP contribution in [0.1, 0.15) is 27.2 Å². The molecule has 1 aromatic heterocycles. The largest absolute Gasteiger partial charge is 0.496 e. The van der Waals surface area contributed by atoms with Crippen LogP contribution >= 0.6 is 0 Å². The van der Waals surface area contributed by atoms with Gasteiger partial charge in [-0.3, -0.25) is 9.48 Å². The smallest absolute Gasteiger partial charge is 0.271 e. The topological polar surface area (TPSA) is 56.1 Å². The molecule has 0 saturated heterocycles. The summed E-state index contributed by atoms with van der Waals surface area (Å²) in [6.45, 7) is 4.69. The number of ether oxygens (including phenoxy) is 1. The lowest BCUT2D eigenvalue weighted by Gasteiger charge is -2.08.